The molecule has 1 unspecified atom stereocenters. The van der Waals surface area contributed by atoms with Crippen LogP contribution >= 0.6 is 11.7 Å². The second-order valence-electron chi connectivity index (χ2n) is 5.66. The van der Waals surface area contributed by atoms with Crippen molar-refractivity contribution < 1.29 is 19.1 Å². The highest BCUT2D eigenvalue weighted by Gasteiger charge is 2.31. The molecule has 0 fully saturated rings. The van der Waals surface area contributed by atoms with E-state index in [9.17, 15) is 9.59 Å². The number of carbonyl (C=O) groups is 2. The normalized spacial score (nSPS) is 16.3. The second-order valence-corrected chi connectivity index (χ2v) is 6.19. The van der Waals surface area contributed by atoms with E-state index in [1.54, 1.807) is 24.3 Å². The van der Waals surface area contributed by atoms with Gasteiger partial charge in [-0.15, -0.1) is 0 Å². The third-order valence-electron chi connectivity index (χ3n) is 4.03. The van der Waals surface area contributed by atoms with Crippen LogP contribution < -0.4 is 15.2 Å². The summed E-state index contributed by atoms with van der Waals surface area (Å²) in [6.45, 7) is -0.178. The van der Waals surface area contributed by atoms with E-state index >= 15 is 0 Å². The van der Waals surface area contributed by atoms with Crippen molar-refractivity contribution in [2.75, 3.05) is 6.61 Å². The molecule has 1 aromatic heterocycles. The van der Waals surface area contributed by atoms with Gasteiger partial charge >= 0.3 is 5.97 Å². The number of rotatable bonds is 4. The maximum Gasteiger partial charge on any atom is 0.312 e. The maximum absolute atomic E-state index is 12.0. The highest BCUT2D eigenvalue weighted by Crippen LogP contribution is 2.42. The van der Waals surface area contributed by atoms with Gasteiger partial charge in [-0.1, -0.05) is 12.1 Å². The summed E-state index contributed by atoms with van der Waals surface area (Å²) in [6, 6.07) is 10.8. The lowest BCUT2D eigenvalue weighted by atomic mass is 9.85. The van der Waals surface area contributed by atoms with E-state index in [2.05, 4.69) is 8.75 Å². The van der Waals surface area contributed by atoms with Gasteiger partial charge in [0.1, 0.15) is 22.5 Å². The molecule has 2 aromatic carbocycles. The van der Waals surface area contributed by atoms with Crippen LogP contribution in [0.15, 0.2) is 36.4 Å². The van der Waals surface area contributed by atoms with Crippen molar-refractivity contribution in [2.45, 2.75) is 12.3 Å². The highest BCUT2D eigenvalue weighted by molar-refractivity contribution is 7.00. The van der Waals surface area contributed by atoms with Crippen molar-refractivity contribution in [3.05, 3.63) is 47.5 Å². The Morgan fingerprint density at radius 1 is 1.24 bits per heavy atom. The SMILES string of the molecule is NC(=O)COc1ccc(C2CC(=O)Oc3ccc4nsnc4c32)cc1. The molecule has 0 saturated heterocycles. The van der Waals surface area contributed by atoms with E-state index in [1.165, 1.54) is 0 Å². The van der Waals surface area contributed by atoms with Crippen LogP contribution in [0.1, 0.15) is 23.5 Å². The first-order valence-electron chi connectivity index (χ1n) is 7.59. The molecule has 0 aliphatic carbocycles. The summed E-state index contributed by atoms with van der Waals surface area (Å²) in [7, 11) is 0. The molecule has 1 amide bonds. The van der Waals surface area contributed by atoms with Gasteiger partial charge in [0.05, 0.1) is 18.1 Å². The van der Waals surface area contributed by atoms with Crippen LogP contribution in [-0.2, 0) is 9.59 Å². The third kappa shape index (κ3) is 2.91. The predicted octanol–water partition coefficient (Wildman–Crippen LogP) is 2.00. The molecule has 2 heterocycles. The van der Waals surface area contributed by atoms with Gasteiger partial charge < -0.3 is 15.2 Å². The van der Waals surface area contributed by atoms with E-state index < -0.39 is 5.91 Å². The lowest BCUT2D eigenvalue weighted by molar-refractivity contribution is -0.135. The molecule has 25 heavy (non-hydrogen) atoms. The number of aromatic nitrogens is 2. The van der Waals surface area contributed by atoms with Gasteiger partial charge in [0.25, 0.3) is 5.91 Å². The van der Waals surface area contributed by atoms with Crippen LogP contribution in [0.25, 0.3) is 11.0 Å². The zero-order chi connectivity index (χ0) is 17.4. The summed E-state index contributed by atoms with van der Waals surface area (Å²) in [5, 5.41) is 0. The summed E-state index contributed by atoms with van der Waals surface area (Å²) in [4.78, 5) is 22.8. The fourth-order valence-corrected chi connectivity index (χ4v) is 3.50. The van der Waals surface area contributed by atoms with Crippen LogP contribution in [0.4, 0.5) is 0 Å². The first-order chi connectivity index (χ1) is 12.1. The Bertz CT molecular complexity index is 968. The van der Waals surface area contributed by atoms with Crippen molar-refractivity contribution in [3.63, 3.8) is 0 Å². The van der Waals surface area contributed by atoms with E-state index in [4.69, 9.17) is 15.2 Å². The second kappa shape index (κ2) is 6.14. The van der Waals surface area contributed by atoms with Crippen molar-refractivity contribution in [1.82, 2.24) is 8.75 Å². The quantitative estimate of drug-likeness (QED) is 0.567. The van der Waals surface area contributed by atoms with Crippen molar-refractivity contribution in [1.29, 1.82) is 0 Å². The Hall–Kier alpha value is -3.00. The Morgan fingerprint density at radius 2 is 2.04 bits per heavy atom. The summed E-state index contributed by atoms with van der Waals surface area (Å²) in [5.74, 6) is 0.0692. The van der Waals surface area contributed by atoms with Crippen LogP contribution in [0.5, 0.6) is 11.5 Å². The molecule has 3 aromatic rings. The Kier molecular flexibility index (Phi) is 3.81. The Balaban J connectivity index is 1.72. The predicted molar refractivity (Wildman–Crippen MR) is 90.6 cm³/mol. The van der Waals surface area contributed by atoms with E-state index in [0.29, 0.717) is 11.5 Å². The minimum atomic E-state index is -0.536. The van der Waals surface area contributed by atoms with Crippen LogP contribution in [0.2, 0.25) is 0 Å². The zero-order valence-corrected chi connectivity index (χ0v) is 13.8. The van der Waals surface area contributed by atoms with Crippen molar-refractivity contribution in [2.24, 2.45) is 5.73 Å². The molecule has 8 heteroatoms. The molecule has 1 atom stereocenters. The van der Waals surface area contributed by atoms with E-state index in [0.717, 1.165) is 33.9 Å². The molecule has 7 nitrogen and oxygen atoms in total. The van der Waals surface area contributed by atoms with Crippen LogP contribution in [0.3, 0.4) is 0 Å². The van der Waals surface area contributed by atoms with Gasteiger partial charge in [0.2, 0.25) is 0 Å². The third-order valence-corrected chi connectivity index (χ3v) is 4.58. The largest absolute Gasteiger partial charge is 0.484 e. The lowest BCUT2D eigenvalue weighted by Gasteiger charge is -2.25. The van der Waals surface area contributed by atoms with Gasteiger partial charge in [-0.3, -0.25) is 9.59 Å². The molecule has 2 N–H and O–H groups in total. The van der Waals surface area contributed by atoms with Crippen molar-refractivity contribution >= 4 is 34.6 Å². The van der Waals surface area contributed by atoms with Gasteiger partial charge in [-0.05, 0) is 29.8 Å². The summed E-state index contributed by atoms with van der Waals surface area (Å²) in [6.07, 6.45) is 0.227. The summed E-state index contributed by atoms with van der Waals surface area (Å²) in [5.41, 5.74) is 8.42. The molecular weight excluding hydrogens is 342 g/mol. The lowest BCUT2D eigenvalue weighted by Crippen LogP contribution is -2.21. The number of fused-ring (bicyclic) bond motifs is 3. The van der Waals surface area contributed by atoms with E-state index in [-0.39, 0.29) is 24.9 Å². The minimum Gasteiger partial charge on any atom is -0.484 e. The van der Waals surface area contributed by atoms with Gasteiger partial charge in [0.15, 0.2) is 6.61 Å². The van der Waals surface area contributed by atoms with Gasteiger partial charge in [0, 0.05) is 11.5 Å². The molecule has 1 aliphatic rings. The van der Waals surface area contributed by atoms with Crippen LogP contribution in [0, 0.1) is 0 Å². The number of esters is 1. The number of primary amides is 1. The van der Waals surface area contributed by atoms with Crippen molar-refractivity contribution in [3.8, 4) is 11.5 Å². The molecule has 0 radical (unpaired) electrons. The summed E-state index contributed by atoms with van der Waals surface area (Å²) < 4.78 is 19.3. The number of amides is 1. The number of hydrogen-bond donors (Lipinski definition) is 1. The summed E-state index contributed by atoms with van der Waals surface area (Å²) >= 11 is 1.13. The first kappa shape index (κ1) is 15.5. The van der Waals surface area contributed by atoms with Gasteiger partial charge in [-0.2, -0.15) is 8.75 Å². The number of benzene rings is 2. The minimum absolute atomic E-state index is 0.172. The molecule has 0 spiro atoms. The Morgan fingerprint density at radius 3 is 2.80 bits per heavy atom. The van der Waals surface area contributed by atoms with Crippen LogP contribution in [-0.4, -0.2) is 27.2 Å². The topological polar surface area (TPSA) is 104 Å². The smallest absolute Gasteiger partial charge is 0.312 e. The zero-order valence-electron chi connectivity index (χ0n) is 13.0. The molecule has 1 aliphatic heterocycles. The van der Waals surface area contributed by atoms with E-state index in [1.807, 2.05) is 12.1 Å². The average molecular weight is 355 g/mol. The fourth-order valence-electron chi connectivity index (χ4n) is 2.95. The first-order valence-corrected chi connectivity index (χ1v) is 8.32. The standard InChI is InChI=1S/C17H13N3O4S/c18-14(21)8-23-10-3-1-9(2-4-10)11-7-15(22)24-13-6-5-12-17(16(11)13)20-25-19-12/h1-6,11H,7-8H2,(H2,18,21). The molecule has 4 rings (SSSR count). The molecular formula is C17H13N3O4S. The number of ether oxygens (including phenoxy) is 2. The fraction of sp³-hybridized carbons (Fsp3) is 0.176. The number of nitrogens with zero attached hydrogens (tertiary/aromatic N) is 2. The maximum atomic E-state index is 12.0. The number of carbonyl (C=O) groups excluding carboxylic acids is 2. The molecule has 0 saturated carbocycles. The number of nitrogens with two attached hydrogens (primary N) is 1. The average Bonchev–Trinajstić information content (AvgIpc) is 3.08. The Labute approximate surface area is 146 Å². The molecule has 0 bridgehead atoms. The molecule has 126 valence electrons. The monoisotopic (exact) mass is 355 g/mol. The highest BCUT2D eigenvalue weighted by atomic mass is 32.1. The number of hydrogen-bond acceptors (Lipinski definition) is 7. The van der Waals surface area contributed by atoms with Gasteiger partial charge in [-0.25, -0.2) is 0 Å².